The second-order valence-electron chi connectivity index (χ2n) is 2.83. The first-order chi connectivity index (χ1) is 4.93. The molecule has 1 rings (SSSR count). The van der Waals surface area contributed by atoms with Crippen molar-refractivity contribution in [3.05, 3.63) is 0 Å². The zero-order valence-corrected chi connectivity index (χ0v) is 6.64. The van der Waals surface area contributed by atoms with Gasteiger partial charge >= 0.3 is 7.69 Å². The molecule has 0 atom stereocenters. The Morgan fingerprint density at radius 1 is 1.20 bits per heavy atom. The molecular weight excluding hydrogens is 127 g/mol. The van der Waals surface area contributed by atoms with Crippen molar-refractivity contribution in [1.82, 2.24) is 0 Å². The van der Waals surface area contributed by atoms with Gasteiger partial charge in [0.1, 0.15) is 0 Å². The normalized spacial score (nSPS) is 20.9. The summed E-state index contributed by atoms with van der Waals surface area (Å²) in [4.78, 5) is 0. The Hall–Kier alpha value is -0.0151. The van der Waals surface area contributed by atoms with Crippen molar-refractivity contribution in [2.75, 3.05) is 7.11 Å². The SMILES string of the molecule is COBOC1CCCCC1. The van der Waals surface area contributed by atoms with Gasteiger partial charge in [0.15, 0.2) is 0 Å². The molecule has 1 saturated carbocycles. The van der Waals surface area contributed by atoms with E-state index in [-0.39, 0.29) is 0 Å². The summed E-state index contributed by atoms with van der Waals surface area (Å²) in [5, 5.41) is 0. The average Bonchev–Trinajstić information content (AvgIpc) is 2.03. The Kier molecular flexibility index (Phi) is 3.84. The molecule has 1 aliphatic rings. The Morgan fingerprint density at radius 2 is 1.90 bits per heavy atom. The summed E-state index contributed by atoms with van der Waals surface area (Å²) < 4.78 is 10.2. The number of rotatable bonds is 3. The summed E-state index contributed by atoms with van der Waals surface area (Å²) in [6.07, 6.45) is 6.97. The first-order valence-corrected chi connectivity index (χ1v) is 4.04. The molecule has 0 saturated heterocycles. The molecule has 0 bridgehead atoms. The number of hydrogen-bond acceptors (Lipinski definition) is 2. The average molecular weight is 142 g/mol. The van der Waals surface area contributed by atoms with E-state index in [0.717, 1.165) is 0 Å². The van der Waals surface area contributed by atoms with Crippen LogP contribution in [0.3, 0.4) is 0 Å². The van der Waals surface area contributed by atoms with Gasteiger partial charge in [-0.1, -0.05) is 19.3 Å². The Bertz CT molecular complexity index is 81.7. The molecule has 0 N–H and O–H groups in total. The topological polar surface area (TPSA) is 18.5 Å². The van der Waals surface area contributed by atoms with Crippen molar-refractivity contribution in [3.8, 4) is 0 Å². The first-order valence-electron chi connectivity index (χ1n) is 4.04. The van der Waals surface area contributed by atoms with E-state index < -0.39 is 0 Å². The fraction of sp³-hybridized carbons (Fsp3) is 1.00. The smallest absolute Gasteiger partial charge is 0.417 e. The van der Waals surface area contributed by atoms with Gasteiger partial charge in [0, 0.05) is 13.2 Å². The Balaban J connectivity index is 2.02. The second kappa shape index (κ2) is 4.75. The van der Waals surface area contributed by atoms with Crippen molar-refractivity contribution >= 4 is 7.69 Å². The largest absolute Gasteiger partial charge is 0.438 e. The van der Waals surface area contributed by atoms with E-state index in [0.29, 0.717) is 13.8 Å². The lowest BCUT2D eigenvalue weighted by Crippen LogP contribution is -2.19. The van der Waals surface area contributed by atoms with E-state index in [1.54, 1.807) is 7.11 Å². The molecule has 0 heterocycles. The highest BCUT2D eigenvalue weighted by molar-refractivity contribution is 6.17. The first kappa shape index (κ1) is 8.09. The fourth-order valence-electron chi connectivity index (χ4n) is 1.40. The lowest BCUT2D eigenvalue weighted by atomic mass is 9.97. The van der Waals surface area contributed by atoms with Crippen LogP contribution in [0.25, 0.3) is 0 Å². The van der Waals surface area contributed by atoms with Crippen LogP contribution in [-0.2, 0) is 9.31 Å². The van der Waals surface area contributed by atoms with E-state index in [1.807, 2.05) is 0 Å². The predicted octanol–water partition coefficient (Wildman–Crippen LogP) is 1.25. The maximum absolute atomic E-state index is 5.41. The highest BCUT2D eigenvalue weighted by Crippen LogP contribution is 2.19. The Labute approximate surface area is 63.2 Å². The van der Waals surface area contributed by atoms with Crippen molar-refractivity contribution in [3.63, 3.8) is 0 Å². The lowest BCUT2D eigenvalue weighted by molar-refractivity contribution is 0.132. The van der Waals surface area contributed by atoms with E-state index in [9.17, 15) is 0 Å². The monoisotopic (exact) mass is 142 g/mol. The van der Waals surface area contributed by atoms with Gasteiger partial charge in [-0.15, -0.1) is 0 Å². The molecule has 1 aliphatic carbocycles. The van der Waals surface area contributed by atoms with Crippen LogP contribution < -0.4 is 0 Å². The molecule has 0 spiro atoms. The summed E-state index contributed by atoms with van der Waals surface area (Å²) in [6.45, 7) is 0. The third-order valence-corrected chi connectivity index (χ3v) is 1.97. The summed E-state index contributed by atoms with van der Waals surface area (Å²) in [6, 6.07) is 0. The molecule has 58 valence electrons. The molecule has 2 nitrogen and oxygen atoms in total. The van der Waals surface area contributed by atoms with E-state index in [1.165, 1.54) is 32.1 Å². The van der Waals surface area contributed by atoms with Crippen LogP contribution in [0.2, 0.25) is 0 Å². The minimum Gasteiger partial charge on any atom is -0.417 e. The van der Waals surface area contributed by atoms with Crippen molar-refractivity contribution in [2.24, 2.45) is 0 Å². The zero-order chi connectivity index (χ0) is 7.23. The highest BCUT2D eigenvalue weighted by Gasteiger charge is 2.12. The van der Waals surface area contributed by atoms with Crippen LogP contribution >= 0.6 is 0 Å². The predicted molar refractivity (Wildman–Crippen MR) is 42.1 cm³/mol. The van der Waals surface area contributed by atoms with Gasteiger partial charge in [0.25, 0.3) is 0 Å². The van der Waals surface area contributed by atoms with Crippen LogP contribution in [0.5, 0.6) is 0 Å². The summed E-state index contributed by atoms with van der Waals surface area (Å²) >= 11 is 0. The fourth-order valence-corrected chi connectivity index (χ4v) is 1.40. The van der Waals surface area contributed by atoms with Gasteiger partial charge in [0.05, 0.1) is 0 Å². The van der Waals surface area contributed by atoms with Crippen LogP contribution in [0, 0.1) is 0 Å². The molecular formula is C7H15BO2. The summed E-state index contributed by atoms with van der Waals surface area (Å²) in [5.41, 5.74) is 0. The minimum absolute atomic E-state index is 0.463. The van der Waals surface area contributed by atoms with Gasteiger partial charge < -0.3 is 9.31 Å². The highest BCUT2D eigenvalue weighted by atomic mass is 16.6. The minimum atomic E-state index is 0.463. The molecule has 0 unspecified atom stereocenters. The molecule has 0 aromatic rings. The van der Waals surface area contributed by atoms with Crippen molar-refractivity contribution in [2.45, 2.75) is 38.2 Å². The quantitative estimate of drug-likeness (QED) is 0.552. The van der Waals surface area contributed by atoms with Crippen LogP contribution in [-0.4, -0.2) is 20.9 Å². The van der Waals surface area contributed by atoms with Gasteiger partial charge in [-0.05, 0) is 12.8 Å². The second-order valence-corrected chi connectivity index (χ2v) is 2.83. The van der Waals surface area contributed by atoms with E-state index in [4.69, 9.17) is 9.31 Å². The maximum Gasteiger partial charge on any atom is 0.438 e. The van der Waals surface area contributed by atoms with Crippen LogP contribution in [0.4, 0.5) is 0 Å². The van der Waals surface area contributed by atoms with Crippen LogP contribution in [0.1, 0.15) is 32.1 Å². The molecule has 0 aliphatic heterocycles. The van der Waals surface area contributed by atoms with E-state index in [2.05, 4.69) is 0 Å². The standard InChI is InChI=1S/C7H15BO2/c1-9-8-10-7-5-3-2-4-6-7/h7-8H,2-6H2,1H3. The molecule has 10 heavy (non-hydrogen) atoms. The van der Waals surface area contributed by atoms with Crippen molar-refractivity contribution < 1.29 is 9.31 Å². The molecule has 0 amide bonds. The Morgan fingerprint density at radius 3 is 2.50 bits per heavy atom. The van der Waals surface area contributed by atoms with Gasteiger partial charge in [-0.2, -0.15) is 0 Å². The molecule has 3 heteroatoms. The zero-order valence-electron chi connectivity index (χ0n) is 6.64. The maximum atomic E-state index is 5.41. The molecule has 0 radical (unpaired) electrons. The number of hydrogen-bond donors (Lipinski definition) is 0. The molecule has 1 fully saturated rings. The summed E-state index contributed by atoms with van der Waals surface area (Å²) in [7, 11) is 2.13. The van der Waals surface area contributed by atoms with Gasteiger partial charge in [-0.3, -0.25) is 0 Å². The third kappa shape index (κ3) is 2.71. The lowest BCUT2D eigenvalue weighted by Gasteiger charge is -2.21. The molecule has 0 aromatic carbocycles. The van der Waals surface area contributed by atoms with Crippen LogP contribution in [0.15, 0.2) is 0 Å². The summed E-state index contributed by atoms with van der Waals surface area (Å²) in [5.74, 6) is 0. The van der Waals surface area contributed by atoms with E-state index >= 15 is 0 Å². The molecule has 0 aromatic heterocycles. The van der Waals surface area contributed by atoms with Gasteiger partial charge in [0.2, 0.25) is 0 Å². The third-order valence-electron chi connectivity index (χ3n) is 1.97. The van der Waals surface area contributed by atoms with Gasteiger partial charge in [-0.25, -0.2) is 0 Å². The van der Waals surface area contributed by atoms with Crippen molar-refractivity contribution in [1.29, 1.82) is 0 Å².